The molecule has 5 heteroatoms. The zero-order chi connectivity index (χ0) is 9.26. The van der Waals surface area contributed by atoms with Gasteiger partial charge in [0, 0.05) is 21.2 Å². The molecule has 0 aliphatic rings. The largest absolute Gasteiger partial charge is 0.249 e. The quantitative estimate of drug-likeness (QED) is 0.794. The zero-order valence-electron chi connectivity index (χ0n) is 6.46. The van der Waals surface area contributed by atoms with Crippen LogP contribution in [0.3, 0.4) is 0 Å². The first kappa shape index (κ1) is 9.83. The topological polar surface area (TPSA) is 12.9 Å². The van der Waals surface area contributed by atoms with E-state index in [9.17, 15) is 0 Å². The van der Waals surface area contributed by atoms with Crippen LogP contribution in [0.15, 0.2) is 25.2 Å². The van der Waals surface area contributed by atoms with Crippen molar-refractivity contribution in [1.82, 2.24) is 4.98 Å². The van der Waals surface area contributed by atoms with Crippen molar-refractivity contribution >= 4 is 54.5 Å². The predicted molar refractivity (Wildman–Crippen MR) is 64.6 cm³/mol. The predicted octanol–water partition coefficient (Wildman–Crippen LogP) is 4.32. The van der Waals surface area contributed by atoms with Crippen LogP contribution in [0.25, 0.3) is 0 Å². The van der Waals surface area contributed by atoms with Crippen LogP contribution in [-0.4, -0.2) is 4.98 Å². The van der Waals surface area contributed by atoms with E-state index >= 15 is 0 Å². The molecule has 0 bridgehead atoms. The molecule has 2 aromatic rings. The second kappa shape index (κ2) is 4.21. The third kappa shape index (κ3) is 2.40. The minimum Gasteiger partial charge on any atom is -0.249 e. The van der Waals surface area contributed by atoms with Crippen molar-refractivity contribution < 1.29 is 0 Å². The Balaban J connectivity index is 2.19. The number of thiophene rings is 1. The number of nitrogens with zero attached hydrogens (tertiary/aromatic N) is 1. The summed E-state index contributed by atoms with van der Waals surface area (Å²) in [6.45, 7) is 0. The fraction of sp³-hybridized carbons (Fsp3) is 0.125. The Morgan fingerprint density at radius 1 is 1.38 bits per heavy atom. The highest BCUT2D eigenvalue weighted by atomic mass is 79.9. The molecule has 0 spiro atoms. The maximum absolute atomic E-state index is 4.25. The molecule has 0 aliphatic heterocycles. The third-order valence-electron chi connectivity index (χ3n) is 1.53. The molecule has 13 heavy (non-hydrogen) atoms. The summed E-state index contributed by atoms with van der Waals surface area (Å²) >= 11 is 10.3. The molecule has 0 saturated heterocycles. The molecule has 0 fully saturated rings. The van der Waals surface area contributed by atoms with Gasteiger partial charge in [-0.1, -0.05) is 0 Å². The van der Waals surface area contributed by atoms with Crippen molar-refractivity contribution in [3.8, 4) is 0 Å². The Morgan fingerprint density at radius 2 is 2.23 bits per heavy atom. The van der Waals surface area contributed by atoms with Crippen LogP contribution < -0.4 is 0 Å². The van der Waals surface area contributed by atoms with Gasteiger partial charge in [0.2, 0.25) is 0 Å². The maximum Gasteiger partial charge on any atom is 0.0843 e. The van der Waals surface area contributed by atoms with Crippen LogP contribution >= 0.6 is 54.5 Å². The summed E-state index contributed by atoms with van der Waals surface area (Å²) in [5, 5.41) is 2.08. The average Bonchev–Trinajstić information content (AvgIpc) is 2.64. The van der Waals surface area contributed by atoms with Crippen LogP contribution in [0, 0.1) is 0 Å². The van der Waals surface area contributed by atoms with E-state index in [1.165, 1.54) is 4.88 Å². The van der Waals surface area contributed by atoms with Gasteiger partial charge in [0.1, 0.15) is 0 Å². The van der Waals surface area contributed by atoms with Crippen LogP contribution in [0.5, 0.6) is 0 Å². The first-order valence-corrected chi connectivity index (χ1v) is 6.91. The van der Waals surface area contributed by atoms with E-state index < -0.39 is 0 Å². The Hall–Kier alpha value is 0.290. The minimum atomic E-state index is 0.929. The zero-order valence-corrected chi connectivity index (χ0v) is 11.3. The van der Waals surface area contributed by atoms with Crippen molar-refractivity contribution in [3.05, 3.63) is 35.8 Å². The van der Waals surface area contributed by atoms with Crippen LogP contribution in [-0.2, 0) is 6.42 Å². The van der Waals surface area contributed by atoms with Crippen LogP contribution in [0.2, 0.25) is 0 Å². The van der Waals surface area contributed by atoms with Crippen molar-refractivity contribution in [3.63, 3.8) is 0 Å². The van der Waals surface area contributed by atoms with E-state index in [2.05, 4.69) is 48.3 Å². The van der Waals surface area contributed by atoms with Gasteiger partial charge in [-0.15, -0.1) is 22.7 Å². The molecule has 2 aromatic heterocycles. The van der Waals surface area contributed by atoms with E-state index in [4.69, 9.17) is 0 Å². The minimum absolute atomic E-state index is 0.929. The standard InChI is InChI=1S/C8H5Br2NS2/c9-7-2-6(13-8(7)10)1-5-3-12-4-11-5/h2-4H,1H2. The average molecular weight is 339 g/mol. The lowest BCUT2D eigenvalue weighted by Gasteiger charge is -1.89. The van der Waals surface area contributed by atoms with Crippen LogP contribution in [0.1, 0.15) is 10.6 Å². The summed E-state index contributed by atoms with van der Waals surface area (Å²) in [7, 11) is 0. The molecule has 0 atom stereocenters. The number of aromatic nitrogens is 1. The van der Waals surface area contributed by atoms with Gasteiger partial charge in [-0.05, 0) is 37.9 Å². The lowest BCUT2D eigenvalue weighted by atomic mass is 10.3. The van der Waals surface area contributed by atoms with Gasteiger partial charge >= 0.3 is 0 Å². The van der Waals surface area contributed by atoms with E-state index in [0.29, 0.717) is 0 Å². The fourth-order valence-electron chi connectivity index (χ4n) is 0.982. The summed E-state index contributed by atoms with van der Waals surface area (Å²) in [6, 6.07) is 2.13. The van der Waals surface area contributed by atoms with Gasteiger partial charge < -0.3 is 0 Å². The summed E-state index contributed by atoms with van der Waals surface area (Å²) < 4.78 is 2.28. The fourth-order valence-corrected chi connectivity index (χ4v) is 3.73. The van der Waals surface area contributed by atoms with E-state index in [1.54, 1.807) is 22.7 Å². The van der Waals surface area contributed by atoms with Gasteiger partial charge in [-0.2, -0.15) is 0 Å². The number of halogens is 2. The lowest BCUT2D eigenvalue weighted by Crippen LogP contribution is -1.82. The first-order valence-electron chi connectivity index (χ1n) is 3.56. The maximum atomic E-state index is 4.25. The molecule has 0 aliphatic carbocycles. The smallest absolute Gasteiger partial charge is 0.0843 e. The molecule has 0 unspecified atom stereocenters. The Kier molecular flexibility index (Phi) is 3.18. The number of thiazole rings is 1. The third-order valence-corrected chi connectivity index (χ3v) is 5.43. The van der Waals surface area contributed by atoms with Crippen molar-refractivity contribution in [2.75, 3.05) is 0 Å². The van der Waals surface area contributed by atoms with Gasteiger partial charge in [-0.25, -0.2) is 4.98 Å². The van der Waals surface area contributed by atoms with E-state index in [-0.39, 0.29) is 0 Å². The second-order valence-corrected chi connectivity index (χ2v) is 6.52. The first-order chi connectivity index (χ1) is 6.25. The van der Waals surface area contributed by atoms with Crippen molar-refractivity contribution in [2.24, 2.45) is 0 Å². The highest BCUT2D eigenvalue weighted by Gasteiger charge is 2.05. The lowest BCUT2D eigenvalue weighted by molar-refractivity contribution is 1.13. The highest BCUT2D eigenvalue weighted by Crippen LogP contribution is 2.33. The SMILES string of the molecule is Brc1cc(Cc2cscn2)sc1Br. The molecule has 0 aromatic carbocycles. The summed E-state index contributed by atoms with van der Waals surface area (Å²) in [4.78, 5) is 5.57. The molecular weight excluding hydrogens is 334 g/mol. The van der Waals surface area contributed by atoms with Gasteiger partial charge in [-0.3, -0.25) is 0 Å². The Bertz CT molecular complexity index is 375. The van der Waals surface area contributed by atoms with Gasteiger partial charge in [0.15, 0.2) is 0 Å². The molecule has 0 N–H and O–H groups in total. The van der Waals surface area contributed by atoms with Crippen molar-refractivity contribution in [2.45, 2.75) is 6.42 Å². The second-order valence-electron chi connectivity index (χ2n) is 2.49. The van der Waals surface area contributed by atoms with Gasteiger partial charge in [0.25, 0.3) is 0 Å². The molecule has 2 heterocycles. The summed E-state index contributed by atoms with van der Waals surface area (Å²) in [5.74, 6) is 0. The number of hydrogen-bond acceptors (Lipinski definition) is 3. The number of hydrogen-bond donors (Lipinski definition) is 0. The Morgan fingerprint density at radius 3 is 2.77 bits per heavy atom. The number of rotatable bonds is 2. The molecule has 0 amide bonds. The monoisotopic (exact) mass is 337 g/mol. The molecular formula is C8H5Br2NS2. The molecule has 0 radical (unpaired) electrons. The molecule has 0 saturated carbocycles. The van der Waals surface area contributed by atoms with Crippen LogP contribution in [0.4, 0.5) is 0 Å². The molecule has 2 rings (SSSR count). The highest BCUT2D eigenvalue weighted by molar-refractivity contribution is 9.13. The molecule has 68 valence electrons. The molecule has 1 nitrogen and oxygen atoms in total. The van der Waals surface area contributed by atoms with E-state index in [1.807, 2.05) is 5.51 Å². The van der Waals surface area contributed by atoms with E-state index in [0.717, 1.165) is 20.4 Å². The normalized spacial score (nSPS) is 10.6. The van der Waals surface area contributed by atoms with Crippen molar-refractivity contribution in [1.29, 1.82) is 0 Å². The Labute approximate surface area is 101 Å². The summed E-state index contributed by atoms with van der Waals surface area (Å²) in [5.41, 5.74) is 3.01. The van der Waals surface area contributed by atoms with Gasteiger partial charge in [0.05, 0.1) is 15.0 Å². The summed E-state index contributed by atoms with van der Waals surface area (Å²) in [6.07, 6.45) is 0.929.